The summed E-state index contributed by atoms with van der Waals surface area (Å²) >= 11 is 1.50. The lowest BCUT2D eigenvalue weighted by Gasteiger charge is -2.10. The molecule has 142 valence electrons. The summed E-state index contributed by atoms with van der Waals surface area (Å²) in [4.78, 5) is 30.3. The molecular weight excluding hydrogens is 364 g/mol. The van der Waals surface area contributed by atoms with Gasteiger partial charge in [-0.1, -0.05) is 12.1 Å². The molecular formula is C20H22N2O4S. The van der Waals surface area contributed by atoms with Gasteiger partial charge in [0.15, 0.2) is 0 Å². The molecule has 0 amide bonds. The molecule has 0 spiro atoms. The number of aromatic nitrogens is 2. The fourth-order valence-corrected chi connectivity index (χ4v) is 4.26. The van der Waals surface area contributed by atoms with Crippen molar-refractivity contribution in [3.05, 3.63) is 45.3 Å². The van der Waals surface area contributed by atoms with Crippen molar-refractivity contribution in [1.82, 2.24) is 9.55 Å². The third-order valence-electron chi connectivity index (χ3n) is 4.41. The Hall–Kier alpha value is -2.67. The van der Waals surface area contributed by atoms with Crippen LogP contribution in [0.2, 0.25) is 0 Å². The molecule has 2 aromatic heterocycles. The van der Waals surface area contributed by atoms with E-state index in [0.717, 1.165) is 21.8 Å². The molecule has 2 heterocycles. The van der Waals surface area contributed by atoms with Crippen LogP contribution in [-0.2, 0) is 11.3 Å². The molecule has 0 radical (unpaired) electrons. The second kappa shape index (κ2) is 7.92. The van der Waals surface area contributed by atoms with Crippen LogP contribution < -0.4 is 10.3 Å². The van der Waals surface area contributed by atoms with E-state index in [2.05, 4.69) is 4.98 Å². The molecule has 0 atom stereocenters. The van der Waals surface area contributed by atoms with Gasteiger partial charge in [0.05, 0.1) is 12.0 Å². The summed E-state index contributed by atoms with van der Waals surface area (Å²) in [5.41, 5.74) is 1.72. The maximum atomic E-state index is 13.2. The smallest absolute Gasteiger partial charge is 0.303 e. The van der Waals surface area contributed by atoms with Gasteiger partial charge in [-0.25, -0.2) is 4.98 Å². The van der Waals surface area contributed by atoms with Gasteiger partial charge in [-0.3, -0.25) is 14.2 Å². The zero-order valence-electron chi connectivity index (χ0n) is 15.6. The summed E-state index contributed by atoms with van der Waals surface area (Å²) in [5.74, 6) is 0.534. The molecule has 1 aromatic carbocycles. The average Bonchev–Trinajstić information content (AvgIpc) is 2.94. The number of aliphatic carboxylic acids is 1. The molecule has 6 nitrogen and oxygen atoms in total. The van der Waals surface area contributed by atoms with Gasteiger partial charge in [-0.05, 0) is 44.9 Å². The summed E-state index contributed by atoms with van der Waals surface area (Å²) in [6.45, 7) is 6.65. The van der Waals surface area contributed by atoms with E-state index in [4.69, 9.17) is 9.84 Å². The summed E-state index contributed by atoms with van der Waals surface area (Å²) in [5, 5.41) is 9.45. The van der Waals surface area contributed by atoms with E-state index in [1.54, 1.807) is 11.5 Å². The Morgan fingerprint density at radius 3 is 2.59 bits per heavy atom. The number of nitrogens with zero attached hydrogens (tertiary/aromatic N) is 2. The van der Waals surface area contributed by atoms with Gasteiger partial charge >= 0.3 is 5.97 Å². The van der Waals surface area contributed by atoms with Gasteiger partial charge in [-0.2, -0.15) is 0 Å². The van der Waals surface area contributed by atoms with Crippen molar-refractivity contribution in [3.8, 4) is 16.9 Å². The van der Waals surface area contributed by atoms with Gasteiger partial charge in [0, 0.05) is 23.4 Å². The van der Waals surface area contributed by atoms with E-state index in [1.165, 1.54) is 11.3 Å². The van der Waals surface area contributed by atoms with Gasteiger partial charge in [0.1, 0.15) is 16.4 Å². The Morgan fingerprint density at radius 2 is 1.96 bits per heavy atom. The van der Waals surface area contributed by atoms with Crippen LogP contribution in [-0.4, -0.2) is 27.2 Å². The van der Waals surface area contributed by atoms with Crippen molar-refractivity contribution in [3.63, 3.8) is 0 Å². The average molecular weight is 386 g/mol. The second-order valence-electron chi connectivity index (χ2n) is 6.28. The van der Waals surface area contributed by atoms with Crippen molar-refractivity contribution in [2.24, 2.45) is 0 Å². The van der Waals surface area contributed by atoms with Gasteiger partial charge in [0.2, 0.25) is 0 Å². The maximum Gasteiger partial charge on any atom is 0.303 e. The molecule has 0 saturated carbocycles. The number of carbonyl (C=O) groups is 1. The fraction of sp³-hybridized carbons (Fsp3) is 0.350. The molecule has 0 bridgehead atoms. The van der Waals surface area contributed by atoms with Crippen LogP contribution in [0.25, 0.3) is 21.3 Å². The van der Waals surface area contributed by atoms with Crippen molar-refractivity contribution >= 4 is 27.5 Å². The number of benzene rings is 1. The van der Waals surface area contributed by atoms with E-state index in [-0.39, 0.29) is 12.0 Å². The lowest BCUT2D eigenvalue weighted by Crippen LogP contribution is -2.24. The molecule has 27 heavy (non-hydrogen) atoms. The summed E-state index contributed by atoms with van der Waals surface area (Å²) in [7, 11) is 0. The number of fused-ring (bicyclic) bond motifs is 1. The number of hydrogen-bond acceptors (Lipinski definition) is 5. The monoisotopic (exact) mass is 386 g/mol. The van der Waals surface area contributed by atoms with Crippen molar-refractivity contribution in [2.75, 3.05) is 6.61 Å². The number of thiophene rings is 1. The highest BCUT2D eigenvalue weighted by Crippen LogP contribution is 2.36. The van der Waals surface area contributed by atoms with Crippen LogP contribution >= 0.6 is 11.3 Å². The van der Waals surface area contributed by atoms with Crippen LogP contribution in [0.1, 0.15) is 30.5 Å². The predicted octanol–water partition coefficient (Wildman–Crippen LogP) is 4.01. The highest BCUT2D eigenvalue weighted by molar-refractivity contribution is 7.19. The fourth-order valence-electron chi connectivity index (χ4n) is 3.18. The molecule has 3 rings (SSSR count). The second-order valence-corrected chi connectivity index (χ2v) is 7.49. The normalized spacial score (nSPS) is 11.1. The van der Waals surface area contributed by atoms with E-state index in [9.17, 15) is 9.59 Å². The minimum atomic E-state index is -0.865. The Morgan fingerprint density at radius 1 is 1.26 bits per heavy atom. The van der Waals surface area contributed by atoms with E-state index in [1.807, 2.05) is 38.1 Å². The van der Waals surface area contributed by atoms with Crippen LogP contribution in [0.3, 0.4) is 0 Å². The first-order valence-corrected chi connectivity index (χ1v) is 9.69. The number of rotatable bonds is 7. The van der Waals surface area contributed by atoms with Crippen LogP contribution in [0.15, 0.2) is 29.1 Å². The third kappa shape index (κ3) is 3.88. The lowest BCUT2D eigenvalue weighted by atomic mass is 10.0. The van der Waals surface area contributed by atoms with Crippen molar-refractivity contribution < 1.29 is 14.6 Å². The molecule has 0 unspecified atom stereocenters. The highest BCUT2D eigenvalue weighted by Gasteiger charge is 2.18. The SMILES string of the molecule is CCOc1ccc(-c2c(C)sc3nc(C)n(CCCC(=O)O)c(=O)c23)cc1. The number of hydrogen-bond donors (Lipinski definition) is 1. The van der Waals surface area contributed by atoms with Gasteiger partial charge in [-0.15, -0.1) is 11.3 Å². The largest absolute Gasteiger partial charge is 0.494 e. The molecule has 0 fully saturated rings. The molecule has 0 saturated heterocycles. The minimum Gasteiger partial charge on any atom is -0.494 e. The number of carboxylic acids is 1. The van der Waals surface area contributed by atoms with Crippen LogP contribution in [0, 0.1) is 13.8 Å². The Kier molecular flexibility index (Phi) is 5.60. The van der Waals surface area contributed by atoms with Crippen molar-refractivity contribution in [1.29, 1.82) is 0 Å². The summed E-state index contributed by atoms with van der Waals surface area (Å²) < 4.78 is 7.07. The summed E-state index contributed by atoms with van der Waals surface area (Å²) in [6.07, 6.45) is 0.420. The molecule has 7 heteroatoms. The van der Waals surface area contributed by atoms with E-state index in [0.29, 0.717) is 35.6 Å². The molecule has 1 N–H and O–H groups in total. The first kappa shape index (κ1) is 19.1. The zero-order valence-corrected chi connectivity index (χ0v) is 16.4. The van der Waals surface area contributed by atoms with Crippen LogP contribution in [0.4, 0.5) is 0 Å². The predicted molar refractivity (Wildman–Crippen MR) is 107 cm³/mol. The maximum absolute atomic E-state index is 13.2. The minimum absolute atomic E-state index is 0.0261. The van der Waals surface area contributed by atoms with E-state index < -0.39 is 5.97 Å². The standard InChI is InChI=1S/C20H22N2O4S/c1-4-26-15-9-7-14(8-10-15)17-12(2)27-19-18(17)20(25)22(13(3)21-19)11-5-6-16(23)24/h7-10H,4-6,11H2,1-3H3,(H,23,24). The Bertz CT molecular complexity index is 1030. The molecule has 0 aliphatic rings. The highest BCUT2D eigenvalue weighted by atomic mass is 32.1. The topological polar surface area (TPSA) is 81.4 Å². The van der Waals surface area contributed by atoms with Crippen LogP contribution in [0.5, 0.6) is 5.75 Å². The zero-order chi connectivity index (χ0) is 19.6. The number of aryl methyl sites for hydroxylation is 2. The quantitative estimate of drug-likeness (QED) is 0.664. The van der Waals surface area contributed by atoms with Gasteiger partial charge < -0.3 is 9.84 Å². The lowest BCUT2D eigenvalue weighted by molar-refractivity contribution is -0.137. The first-order chi connectivity index (χ1) is 12.9. The third-order valence-corrected chi connectivity index (χ3v) is 5.40. The molecule has 0 aliphatic carbocycles. The Labute approximate surface area is 161 Å². The molecule has 0 aliphatic heterocycles. The number of carboxylic acid groups (broad SMARTS) is 1. The molecule has 3 aromatic rings. The summed E-state index contributed by atoms with van der Waals surface area (Å²) in [6, 6.07) is 7.70. The first-order valence-electron chi connectivity index (χ1n) is 8.88. The Balaban J connectivity index is 2.09. The van der Waals surface area contributed by atoms with Gasteiger partial charge in [0.25, 0.3) is 5.56 Å². The number of ether oxygens (including phenoxy) is 1. The van der Waals surface area contributed by atoms with Crippen molar-refractivity contribution in [2.45, 2.75) is 40.2 Å². The van der Waals surface area contributed by atoms with E-state index >= 15 is 0 Å².